The Morgan fingerprint density at radius 1 is 1.71 bits per heavy atom. The van der Waals surface area contributed by atoms with Gasteiger partial charge in [-0.3, -0.25) is 0 Å². The van der Waals surface area contributed by atoms with E-state index < -0.39 is 0 Å². The van der Waals surface area contributed by atoms with E-state index in [4.69, 9.17) is 9.84 Å². The van der Waals surface area contributed by atoms with E-state index in [1.807, 2.05) is 6.92 Å². The van der Waals surface area contributed by atoms with Crippen LogP contribution >= 0.6 is 0 Å². The lowest BCUT2D eigenvalue weighted by atomic mass is 10.2. The molecule has 0 saturated carbocycles. The van der Waals surface area contributed by atoms with Crippen molar-refractivity contribution in [3.05, 3.63) is 0 Å². The first-order valence-corrected chi connectivity index (χ1v) is 2.58. The molecule has 0 aromatic heterocycles. The predicted molar refractivity (Wildman–Crippen MR) is 26.0 cm³/mol. The van der Waals surface area contributed by atoms with E-state index in [1.165, 1.54) is 0 Å². The molecule has 42 valence electrons. The Morgan fingerprint density at radius 2 is 2.43 bits per heavy atom. The van der Waals surface area contributed by atoms with Crippen LogP contribution in [0.3, 0.4) is 0 Å². The van der Waals surface area contributed by atoms with E-state index in [0.717, 1.165) is 6.42 Å². The zero-order valence-electron chi connectivity index (χ0n) is 4.42. The predicted octanol–water partition coefficient (Wildman–Crippen LogP) is 0.156. The SMILES string of the molecule is C[C@H]1C[C@@H](O)CO1. The molecule has 1 N–H and O–H groups in total. The van der Waals surface area contributed by atoms with Gasteiger partial charge in [-0.1, -0.05) is 0 Å². The van der Waals surface area contributed by atoms with E-state index in [1.54, 1.807) is 0 Å². The van der Waals surface area contributed by atoms with Gasteiger partial charge in [0.2, 0.25) is 0 Å². The first-order valence-electron chi connectivity index (χ1n) is 2.58. The molecule has 0 aromatic carbocycles. The first-order chi connectivity index (χ1) is 3.29. The van der Waals surface area contributed by atoms with Gasteiger partial charge in [0.15, 0.2) is 0 Å². The molecular formula is C5H10O2. The summed E-state index contributed by atoms with van der Waals surface area (Å²) >= 11 is 0. The van der Waals surface area contributed by atoms with Crippen LogP contribution in [0.25, 0.3) is 0 Å². The van der Waals surface area contributed by atoms with Crippen molar-refractivity contribution in [2.45, 2.75) is 25.6 Å². The lowest BCUT2D eigenvalue weighted by Crippen LogP contribution is -2.03. The van der Waals surface area contributed by atoms with Gasteiger partial charge in [-0.15, -0.1) is 0 Å². The topological polar surface area (TPSA) is 29.5 Å². The molecule has 1 saturated heterocycles. The highest BCUT2D eigenvalue weighted by Crippen LogP contribution is 2.10. The van der Waals surface area contributed by atoms with Gasteiger partial charge in [0.25, 0.3) is 0 Å². The number of hydrogen-bond acceptors (Lipinski definition) is 2. The lowest BCUT2D eigenvalue weighted by Gasteiger charge is -1.94. The minimum absolute atomic E-state index is 0.199. The van der Waals surface area contributed by atoms with E-state index in [2.05, 4.69) is 0 Å². The Morgan fingerprint density at radius 3 is 2.57 bits per heavy atom. The standard InChI is InChI=1S/C5H10O2/c1-4-2-5(6)3-7-4/h4-6H,2-3H2,1H3/t4-,5+/m0/s1. The van der Waals surface area contributed by atoms with Crippen LogP contribution in [0.2, 0.25) is 0 Å². The maximum absolute atomic E-state index is 8.77. The van der Waals surface area contributed by atoms with Gasteiger partial charge < -0.3 is 9.84 Å². The van der Waals surface area contributed by atoms with Crippen LogP contribution in [0.4, 0.5) is 0 Å². The normalized spacial score (nSPS) is 42.0. The Balaban J connectivity index is 2.26. The average molecular weight is 102 g/mol. The molecule has 2 atom stereocenters. The van der Waals surface area contributed by atoms with Crippen LogP contribution < -0.4 is 0 Å². The fraction of sp³-hybridized carbons (Fsp3) is 1.00. The molecule has 1 aliphatic rings. The summed E-state index contributed by atoms with van der Waals surface area (Å²) in [7, 11) is 0. The van der Waals surface area contributed by atoms with E-state index in [9.17, 15) is 0 Å². The number of aliphatic hydroxyl groups is 1. The second-order valence-corrected chi connectivity index (χ2v) is 2.03. The fourth-order valence-corrected chi connectivity index (χ4v) is 0.795. The summed E-state index contributed by atoms with van der Waals surface area (Å²) in [5.74, 6) is 0. The third-order valence-electron chi connectivity index (χ3n) is 1.18. The summed E-state index contributed by atoms with van der Waals surface area (Å²) in [4.78, 5) is 0. The molecule has 0 unspecified atom stereocenters. The van der Waals surface area contributed by atoms with Crippen molar-refractivity contribution in [1.29, 1.82) is 0 Å². The molecule has 1 fully saturated rings. The first kappa shape index (κ1) is 5.06. The summed E-state index contributed by atoms with van der Waals surface area (Å²) in [6, 6.07) is 0. The maximum atomic E-state index is 8.77. The summed E-state index contributed by atoms with van der Waals surface area (Å²) in [6.07, 6.45) is 0.880. The highest BCUT2D eigenvalue weighted by Gasteiger charge is 2.18. The van der Waals surface area contributed by atoms with E-state index in [-0.39, 0.29) is 12.2 Å². The van der Waals surface area contributed by atoms with Crippen molar-refractivity contribution >= 4 is 0 Å². The van der Waals surface area contributed by atoms with Gasteiger partial charge in [-0.05, 0) is 6.92 Å². The summed E-state index contributed by atoms with van der Waals surface area (Å²) < 4.78 is 5.02. The zero-order chi connectivity index (χ0) is 5.28. The molecule has 1 heterocycles. The molecule has 2 heteroatoms. The fourth-order valence-electron chi connectivity index (χ4n) is 0.795. The summed E-state index contributed by atoms with van der Waals surface area (Å²) in [5, 5.41) is 8.77. The molecule has 1 rings (SSSR count). The third kappa shape index (κ3) is 1.14. The molecule has 2 nitrogen and oxygen atoms in total. The highest BCUT2D eigenvalue weighted by molar-refractivity contribution is 4.67. The quantitative estimate of drug-likeness (QED) is 0.472. The van der Waals surface area contributed by atoms with Gasteiger partial charge in [0.05, 0.1) is 18.8 Å². The number of hydrogen-bond donors (Lipinski definition) is 1. The molecular weight excluding hydrogens is 92.1 g/mol. The van der Waals surface area contributed by atoms with Crippen molar-refractivity contribution in [3.8, 4) is 0 Å². The number of rotatable bonds is 0. The van der Waals surface area contributed by atoms with Crippen LogP contribution in [0.5, 0.6) is 0 Å². The van der Waals surface area contributed by atoms with Gasteiger partial charge in [-0.25, -0.2) is 0 Å². The second kappa shape index (κ2) is 1.80. The average Bonchev–Trinajstić information content (AvgIpc) is 1.87. The highest BCUT2D eigenvalue weighted by atomic mass is 16.5. The molecule has 7 heavy (non-hydrogen) atoms. The van der Waals surface area contributed by atoms with Crippen LogP contribution in [-0.4, -0.2) is 23.9 Å². The van der Waals surface area contributed by atoms with E-state index >= 15 is 0 Å². The Kier molecular flexibility index (Phi) is 1.30. The van der Waals surface area contributed by atoms with Crippen LogP contribution in [0.1, 0.15) is 13.3 Å². The monoisotopic (exact) mass is 102 g/mol. The molecule has 1 aliphatic heterocycles. The van der Waals surface area contributed by atoms with Crippen molar-refractivity contribution in [3.63, 3.8) is 0 Å². The van der Waals surface area contributed by atoms with Crippen LogP contribution in [-0.2, 0) is 4.74 Å². The molecule has 0 aliphatic carbocycles. The van der Waals surface area contributed by atoms with Crippen molar-refractivity contribution in [2.24, 2.45) is 0 Å². The van der Waals surface area contributed by atoms with E-state index in [0.29, 0.717) is 6.61 Å². The Labute approximate surface area is 43.1 Å². The van der Waals surface area contributed by atoms with Gasteiger partial charge in [0, 0.05) is 6.42 Å². The smallest absolute Gasteiger partial charge is 0.0798 e. The largest absolute Gasteiger partial charge is 0.391 e. The van der Waals surface area contributed by atoms with Crippen molar-refractivity contribution in [1.82, 2.24) is 0 Å². The lowest BCUT2D eigenvalue weighted by molar-refractivity contribution is 0.0971. The summed E-state index contributed by atoms with van der Waals surface area (Å²) in [5.41, 5.74) is 0. The van der Waals surface area contributed by atoms with Gasteiger partial charge in [-0.2, -0.15) is 0 Å². The third-order valence-corrected chi connectivity index (χ3v) is 1.18. The minimum atomic E-state index is -0.199. The molecule has 0 radical (unpaired) electrons. The van der Waals surface area contributed by atoms with Gasteiger partial charge >= 0.3 is 0 Å². The molecule has 0 spiro atoms. The Bertz CT molecular complexity index is 55.1. The maximum Gasteiger partial charge on any atom is 0.0798 e. The number of aliphatic hydroxyl groups excluding tert-OH is 1. The zero-order valence-corrected chi connectivity index (χ0v) is 4.42. The van der Waals surface area contributed by atoms with Gasteiger partial charge in [0.1, 0.15) is 0 Å². The Hall–Kier alpha value is -0.0800. The second-order valence-electron chi connectivity index (χ2n) is 2.03. The van der Waals surface area contributed by atoms with Crippen molar-refractivity contribution in [2.75, 3.05) is 6.61 Å². The number of ether oxygens (including phenoxy) is 1. The van der Waals surface area contributed by atoms with Crippen molar-refractivity contribution < 1.29 is 9.84 Å². The molecule has 0 bridgehead atoms. The molecule has 0 amide bonds. The van der Waals surface area contributed by atoms with Crippen LogP contribution in [0, 0.1) is 0 Å². The van der Waals surface area contributed by atoms with Crippen LogP contribution in [0.15, 0.2) is 0 Å². The minimum Gasteiger partial charge on any atom is -0.391 e. The molecule has 0 aromatic rings. The summed E-state index contributed by atoms with van der Waals surface area (Å²) in [6.45, 7) is 2.50.